The van der Waals surface area contributed by atoms with Gasteiger partial charge >= 0.3 is 5.97 Å². The minimum Gasteiger partial charge on any atom is -0.507 e. The molecule has 1 heterocycles. The highest BCUT2D eigenvalue weighted by Gasteiger charge is 2.24. The molecule has 0 aromatic carbocycles. The highest BCUT2D eigenvalue weighted by molar-refractivity contribution is 7.10. The monoisotopic (exact) mass is 228 g/mol. The van der Waals surface area contributed by atoms with Crippen LogP contribution in [0.25, 0.3) is 0 Å². The molecular weight excluding hydrogens is 212 g/mol. The van der Waals surface area contributed by atoms with Gasteiger partial charge < -0.3 is 9.84 Å². The molecule has 0 saturated carbocycles. The van der Waals surface area contributed by atoms with Gasteiger partial charge in [-0.3, -0.25) is 4.79 Å². The Morgan fingerprint density at radius 2 is 2.20 bits per heavy atom. The molecule has 1 rings (SSSR count). The molecule has 0 spiro atoms. The van der Waals surface area contributed by atoms with E-state index in [0.717, 1.165) is 10.4 Å². The highest BCUT2D eigenvalue weighted by Crippen LogP contribution is 2.31. The molecule has 1 aromatic rings. The molecule has 0 unspecified atom stereocenters. The van der Waals surface area contributed by atoms with Crippen molar-refractivity contribution in [1.29, 1.82) is 0 Å². The Kier molecular flexibility index (Phi) is 3.39. The predicted molar refractivity (Wildman–Crippen MR) is 60.3 cm³/mol. The molecule has 0 aliphatic heterocycles. The number of rotatable bonds is 3. The second-order valence-corrected chi connectivity index (χ2v) is 5.27. The molecule has 0 radical (unpaired) electrons. The second kappa shape index (κ2) is 4.23. The summed E-state index contributed by atoms with van der Waals surface area (Å²) in [7, 11) is 0. The van der Waals surface area contributed by atoms with Crippen LogP contribution in [0.15, 0.2) is 5.38 Å². The fourth-order valence-corrected chi connectivity index (χ4v) is 2.28. The van der Waals surface area contributed by atoms with Crippen molar-refractivity contribution in [3.63, 3.8) is 0 Å². The number of aromatic hydroxyl groups is 1. The zero-order valence-corrected chi connectivity index (χ0v) is 10.3. The molecule has 0 bridgehead atoms. The third-order valence-corrected chi connectivity index (χ3v) is 3.05. The number of esters is 1. The van der Waals surface area contributed by atoms with Crippen LogP contribution in [0.2, 0.25) is 0 Å². The summed E-state index contributed by atoms with van der Waals surface area (Å²) in [6.45, 7) is 7.02. The molecule has 0 atom stereocenters. The van der Waals surface area contributed by atoms with E-state index in [0.29, 0.717) is 6.42 Å². The lowest BCUT2D eigenvalue weighted by molar-refractivity contribution is -0.153. The summed E-state index contributed by atoms with van der Waals surface area (Å²) < 4.78 is 5.18. The van der Waals surface area contributed by atoms with Crippen LogP contribution < -0.4 is 0 Å². The van der Waals surface area contributed by atoms with E-state index in [1.165, 1.54) is 18.3 Å². The van der Waals surface area contributed by atoms with Gasteiger partial charge in [0, 0.05) is 29.2 Å². The lowest BCUT2D eigenvalue weighted by Crippen LogP contribution is -2.29. The van der Waals surface area contributed by atoms with E-state index < -0.39 is 5.60 Å². The standard InChI is InChI=1S/C11H16O3S/c1-7-9(10(13)6-15-7)5-11(3,4)14-8(2)12/h6,13H,5H2,1-4H3. The first kappa shape index (κ1) is 12.0. The smallest absolute Gasteiger partial charge is 0.303 e. The number of carbonyl (C=O) groups excluding carboxylic acids is 1. The number of ether oxygens (including phenoxy) is 1. The number of carbonyl (C=O) groups is 1. The first-order valence-electron chi connectivity index (χ1n) is 4.77. The largest absolute Gasteiger partial charge is 0.507 e. The SMILES string of the molecule is CC(=O)OC(C)(C)Cc1c(O)csc1C. The molecular formula is C11H16O3S. The number of aryl methyl sites for hydroxylation is 1. The molecule has 0 fully saturated rings. The summed E-state index contributed by atoms with van der Waals surface area (Å²) in [6.07, 6.45) is 0.535. The summed E-state index contributed by atoms with van der Waals surface area (Å²) in [6, 6.07) is 0. The summed E-state index contributed by atoms with van der Waals surface area (Å²) in [4.78, 5) is 11.9. The Morgan fingerprint density at radius 3 is 2.60 bits per heavy atom. The number of hydrogen-bond donors (Lipinski definition) is 1. The third-order valence-electron chi connectivity index (χ3n) is 2.10. The van der Waals surface area contributed by atoms with Crippen LogP contribution in [0, 0.1) is 6.92 Å². The molecule has 0 aliphatic rings. The lowest BCUT2D eigenvalue weighted by atomic mass is 9.98. The first-order valence-corrected chi connectivity index (χ1v) is 5.65. The van der Waals surface area contributed by atoms with Crippen LogP contribution in [0.4, 0.5) is 0 Å². The van der Waals surface area contributed by atoms with Crippen molar-refractivity contribution in [2.24, 2.45) is 0 Å². The zero-order chi connectivity index (χ0) is 11.6. The zero-order valence-electron chi connectivity index (χ0n) is 9.46. The Balaban J connectivity index is 2.81. The topological polar surface area (TPSA) is 46.5 Å². The molecule has 84 valence electrons. The minimum atomic E-state index is -0.574. The van der Waals surface area contributed by atoms with Gasteiger partial charge in [0.2, 0.25) is 0 Å². The van der Waals surface area contributed by atoms with E-state index in [9.17, 15) is 9.90 Å². The van der Waals surface area contributed by atoms with Gasteiger partial charge in [0.05, 0.1) is 0 Å². The molecule has 0 aliphatic carbocycles. The van der Waals surface area contributed by atoms with Gasteiger partial charge in [-0.15, -0.1) is 11.3 Å². The van der Waals surface area contributed by atoms with Crippen molar-refractivity contribution in [2.45, 2.75) is 39.7 Å². The average Bonchev–Trinajstić information content (AvgIpc) is 2.33. The predicted octanol–water partition coefficient (Wildman–Crippen LogP) is 2.65. The third kappa shape index (κ3) is 3.23. The van der Waals surface area contributed by atoms with Crippen molar-refractivity contribution < 1.29 is 14.6 Å². The molecule has 1 aromatic heterocycles. The second-order valence-electron chi connectivity index (χ2n) is 4.19. The summed E-state index contributed by atoms with van der Waals surface area (Å²) >= 11 is 1.50. The average molecular weight is 228 g/mol. The summed E-state index contributed by atoms with van der Waals surface area (Å²) in [5, 5.41) is 11.3. The first-order chi connectivity index (χ1) is 6.82. The van der Waals surface area contributed by atoms with Crippen LogP contribution in [0.1, 0.15) is 31.2 Å². The number of hydrogen-bond acceptors (Lipinski definition) is 4. The summed E-state index contributed by atoms with van der Waals surface area (Å²) in [5.41, 5.74) is 0.293. The van der Waals surface area contributed by atoms with Crippen LogP contribution in [0.5, 0.6) is 5.75 Å². The minimum absolute atomic E-state index is 0.290. The van der Waals surface area contributed by atoms with Crippen molar-refractivity contribution in [3.05, 3.63) is 15.8 Å². The molecule has 0 amide bonds. The van der Waals surface area contributed by atoms with Crippen molar-refractivity contribution in [2.75, 3.05) is 0 Å². The molecule has 4 heteroatoms. The maximum absolute atomic E-state index is 10.9. The van der Waals surface area contributed by atoms with Crippen LogP contribution in [0.3, 0.4) is 0 Å². The molecule has 1 N–H and O–H groups in total. The van der Waals surface area contributed by atoms with Crippen molar-refractivity contribution in [3.8, 4) is 5.75 Å². The van der Waals surface area contributed by atoms with E-state index in [1.54, 1.807) is 5.38 Å². The molecule has 3 nitrogen and oxygen atoms in total. The van der Waals surface area contributed by atoms with E-state index in [1.807, 2.05) is 20.8 Å². The molecule has 15 heavy (non-hydrogen) atoms. The fourth-order valence-electron chi connectivity index (χ4n) is 1.53. The van der Waals surface area contributed by atoms with E-state index in [4.69, 9.17) is 4.74 Å². The lowest BCUT2D eigenvalue weighted by Gasteiger charge is -2.24. The fraction of sp³-hybridized carbons (Fsp3) is 0.545. The van der Waals surface area contributed by atoms with Gasteiger partial charge in [-0.2, -0.15) is 0 Å². The van der Waals surface area contributed by atoms with Gasteiger partial charge in [0.1, 0.15) is 11.4 Å². The normalized spacial score (nSPS) is 11.5. The van der Waals surface area contributed by atoms with Gasteiger partial charge in [-0.1, -0.05) is 0 Å². The maximum atomic E-state index is 10.9. The Bertz CT molecular complexity index is 346. The van der Waals surface area contributed by atoms with E-state index in [2.05, 4.69) is 0 Å². The van der Waals surface area contributed by atoms with Gasteiger partial charge in [0.15, 0.2) is 0 Å². The molecule has 0 saturated heterocycles. The Morgan fingerprint density at radius 1 is 1.60 bits per heavy atom. The summed E-state index contributed by atoms with van der Waals surface area (Å²) in [5.74, 6) is -0.00917. The maximum Gasteiger partial charge on any atom is 0.303 e. The van der Waals surface area contributed by atoms with Crippen LogP contribution >= 0.6 is 11.3 Å². The van der Waals surface area contributed by atoms with Gasteiger partial charge in [-0.25, -0.2) is 0 Å². The Hall–Kier alpha value is -1.03. The quantitative estimate of drug-likeness (QED) is 0.809. The Labute approximate surface area is 93.7 Å². The highest BCUT2D eigenvalue weighted by atomic mass is 32.1. The van der Waals surface area contributed by atoms with Gasteiger partial charge in [-0.05, 0) is 20.8 Å². The van der Waals surface area contributed by atoms with E-state index >= 15 is 0 Å². The van der Waals surface area contributed by atoms with Crippen molar-refractivity contribution >= 4 is 17.3 Å². The van der Waals surface area contributed by atoms with Crippen LogP contribution in [-0.2, 0) is 16.0 Å². The van der Waals surface area contributed by atoms with E-state index in [-0.39, 0.29) is 11.7 Å². The van der Waals surface area contributed by atoms with Crippen molar-refractivity contribution in [1.82, 2.24) is 0 Å². The number of thiophene rings is 1. The van der Waals surface area contributed by atoms with Crippen LogP contribution in [-0.4, -0.2) is 16.7 Å². The van der Waals surface area contributed by atoms with Gasteiger partial charge in [0.25, 0.3) is 0 Å².